The summed E-state index contributed by atoms with van der Waals surface area (Å²) in [6.45, 7) is 2.69. The van der Waals surface area contributed by atoms with Crippen molar-refractivity contribution in [3.63, 3.8) is 0 Å². The number of nitrogens with two attached hydrogens (primary N) is 1. The van der Waals surface area contributed by atoms with Crippen LogP contribution in [0.25, 0.3) is 0 Å². The topological polar surface area (TPSA) is 41.6 Å². The molecule has 2 aliphatic rings. The predicted molar refractivity (Wildman–Crippen MR) is 84.3 cm³/mol. The van der Waals surface area contributed by atoms with Gasteiger partial charge in [-0.15, -0.1) is 0 Å². The molecular formula is C17H25N3. The minimum Gasteiger partial charge on any atom is -0.358 e. The van der Waals surface area contributed by atoms with Gasteiger partial charge in [0.1, 0.15) is 5.84 Å². The van der Waals surface area contributed by atoms with Gasteiger partial charge in [0.05, 0.1) is 6.54 Å². The Morgan fingerprint density at radius 2 is 1.95 bits per heavy atom. The van der Waals surface area contributed by atoms with Crippen LogP contribution < -0.4 is 5.73 Å². The van der Waals surface area contributed by atoms with Crippen molar-refractivity contribution in [1.29, 1.82) is 0 Å². The molecule has 1 saturated carbocycles. The molecule has 0 unspecified atom stereocenters. The quantitative estimate of drug-likeness (QED) is 0.918. The Balaban J connectivity index is 2.05. The molecule has 2 N–H and O–H groups in total. The fourth-order valence-corrected chi connectivity index (χ4v) is 3.78. The molecule has 3 heteroatoms. The molecule has 20 heavy (non-hydrogen) atoms. The minimum absolute atomic E-state index is 0.167. The third-order valence-corrected chi connectivity index (χ3v) is 5.00. The molecule has 108 valence electrons. The van der Waals surface area contributed by atoms with Crippen molar-refractivity contribution < 1.29 is 0 Å². The van der Waals surface area contributed by atoms with E-state index < -0.39 is 0 Å². The number of likely N-dealkylation sites (N-methyl/N-ethyl adjacent to an activating group) is 1. The zero-order chi connectivity index (χ0) is 14.0. The highest BCUT2D eigenvalue weighted by Crippen LogP contribution is 2.40. The summed E-state index contributed by atoms with van der Waals surface area (Å²) in [5.74, 6) is 1.15. The lowest BCUT2D eigenvalue weighted by molar-refractivity contribution is 0.300. The van der Waals surface area contributed by atoms with E-state index in [1.807, 2.05) is 0 Å². The Hall–Kier alpha value is -1.35. The monoisotopic (exact) mass is 271 g/mol. The Bertz CT molecular complexity index is 501. The summed E-state index contributed by atoms with van der Waals surface area (Å²) in [5.41, 5.74) is 9.12. The Kier molecular flexibility index (Phi) is 3.79. The minimum atomic E-state index is 0.167. The summed E-state index contributed by atoms with van der Waals surface area (Å²) in [6.07, 6.45) is 6.39. The highest BCUT2D eigenvalue weighted by atomic mass is 15.2. The number of hydrogen-bond donors (Lipinski definition) is 1. The summed E-state index contributed by atoms with van der Waals surface area (Å²) >= 11 is 0. The van der Waals surface area contributed by atoms with Gasteiger partial charge in [0.15, 0.2) is 0 Å². The zero-order valence-electron chi connectivity index (χ0n) is 12.4. The van der Waals surface area contributed by atoms with Crippen LogP contribution in [0.3, 0.4) is 0 Å². The SMILES string of the molecule is CN1CCN=C1c1ccccc1C1(CN)CCCCC1. The van der Waals surface area contributed by atoms with Gasteiger partial charge in [0.2, 0.25) is 0 Å². The molecule has 1 aromatic rings. The third kappa shape index (κ3) is 2.24. The van der Waals surface area contributed by atoms with Gasteiger partial charge in [-0.25, -0.2) is 0 Å². The summed E-state index contributed by atoms with van der Waals surface area (Å²) in [7, 11) is 2.14. The Labute approximate surface area is 121 Å². The van der Waals surface area contributed by atoms with Gasteiger partial charge in [-0.3, -0.25) is 4.99 Å². The summed E-state index contributed by atoms with van der Waals surface area (Å²) in [6, 6.07) is 8.78. The number of rotatable bonds is 3. The molecule has 0 aromatic heterocycles. The van der Waals surface area contributed by atoms with E-state index in [1.54, 1.807) is 0 Å². The van der Waals surface area contributed by atoms with E-state index in [4.69, 9.17) is 10.7 Å². The van der Waals surface area contributed by atoms with Crippen molar-refractivity contribution in [2.24, 2.45) is 10.7 Å². The van der Waals surface area contributed by atoms with E-state index >= 15 is 0 Å². The first-order valence-corrected chi connectivity index (χ1v) is 7.82. The third-order valence-electron chi connectivity index (χ3n) is 5.00. The second kappa shape index (κ2) is 5.57. The largest absolute Gasteiger partial charge is 0.358 e. The van der Waals surface area contributed by atoms with Crippen LogP contribution >= 0.6 is 0 Å². The molecule has 0 amide bonds. The molecule has 0 spiro atoms. The van der Waals surface area contributed by atoms with Crippen LogP contribution in [0.5, 0.6) is 0 Å². The standard InChI is InChI=1S/C17H25N3/c1-20-12-11-19-16(20)14-7-3-4-8-15(14)17(13-18)9-5-2-6-10-17/h3-4,7-8H,2,5-6,9-13,18H2,1H3. The molecule has 0 bridgehead atoms. The summed E-state index contributed by atoms with van der Waals surface area (Å²) in [4.78, 5) is 6.98. The smallest absolute Gasteiger partial charge is 0.131 e. The van der Waals surface area contributed by atoms with Crippen LogP contribution in [0.4, 0.5) is 0 Å². The number of benzene rings is 1. The second-order valence-electron chi connectivity index (χ2n) is 6.22. The number of nitrogens with zero attached hydrogens (tertiary/aromatic N) is 2. The molecule has 1 fully saturated rings. The van der Waals surface area contributed by atoms with E-state index in [-0.39, 0.29) is 5.41 Å². The van der Waals surface area contributed by atoms with Gasteiger partial charge in [-0.05, 0) is 18.4 Å². The molecule has 1 heterocycles. The molecule has 3 nitrogen and oxygen atoms in total. The van der Waals surface area contributed by atoms with Crippen LogP contribution in [0.2, 0.25) is 0 Å². The summed E-state index contributed by atoms with van der Waals surface area (Å²) in [5, 5.41) is 0. The molecule has 3 rings (SSSR count). The van der Waals surface area contributed by atoms with Crippen LogP contribution in [0, 0.1) is 0 Å². The lowest BCUT2D eigenvalue weighted by Gasteiger charge is -2.38. The number of aliphatic imine (C=N–C) groups is 1. The molecule has 1 aromatic carbocycles. The van der Waals surface area contributed by atoms with Gasteiger partial charge in [-0.2, -0.15) is 0 Å². The number of hydrogen-bond acceptors (Lipinski definition) is 3. The first kappa shape index (κ1) is 13.6. The normalized spacial score (nSPS) is 21.9. The van der Waals surface area contributed by atoms with Crippen molar-refractivity contribution in [2.75, 3.05) is 26.7 Å². The van der Waals surface area contributed by atoms with E-state index in [1.165, 1.54) is 43.2 Å². The van der Waals surface area contributed by atoms with Gasteiger partial charge >= 0.3 is 0 Å². The van der Waals surface area contributed by atoms with Crippen molar-refractivity contribution in [3.8, 4) is 0 Å². The molecule has 1 aliphatic heterocycles. The predicted octanol–water partition coefficient (Wildman–Crippen LogP) is 2.54. The maximum Gasteiger partial charge on any atom is 0.131 e. The maximum atomic E-state index is 6.22. The Morgan fingerprint density at radius 3 is 2.60 bits per heavy atom. The van der Waals surface area contributed by atoms with E-state index in [0.717, 1.165) is 25.5 Å². The van der Waals surface area contributed by atoms with Crippen molar-refractivity contribution in [1.82, 2.24) is 4.90 Å². The molecule has 0 saturated heterocycles. The molecule has 0 radical (unpaired) electrons. The van der Waals surface area contributed by atoms with Crippen molar-refractivity contribution >= 4 is 5.84 Å². The maximum absolute atomic E-state index is 6.22. The van der Waals surface area contributed by atoms with Crippen LogP contribution in [-0.4, -0.2) is 37.4 Å². The highest BCUT2D eigenvalue weighted by molar-refractivity contribution is 6.01. The van der Waals surface area contributed by atoms with Gasteiger partial charge < -0.3 is 10.6 Å². The van der Waals surface area contributed by atoms with Gasteiger partial charge in [0.25, 0.3) is 0 Å². The molecular weight excluding hydrogens is 246 g/mol. The van der Waals surface area contributed by atoms with E-state index in [2.05, 4.69) is 36.2 Å². The average molecular weight is 271 g/mol. The van der Waals surface area contributed by atoms with Crippen molar-refractivity contribution in [2.45, 2.75) is 37.5 Å². The summed E-state index contributed by atoms with van der Waals surface area (Å²) < 4.78 is 0. The molecule has 1 aliphatic carbocycles. The first-order valence-electron chi connectivity index (χ1n) is 7.82. The van der Waals surface area contributed by atoms with E-state index in [9.17, 15) is 0 Å². The number of amidine groups is 1. The van der Waals surface area contributed by atoms with E-state index in [0.29, 0.717) is 0 Å². The lowest BCUT2D eigenvalue weighted by atomic mass is 9.68. The first-order chi connectivity index (χ1) is 9.77. The molecule has 0 atom stereocenters. The zero-order valence-corrected chi connectivity index (χ0v) is 12.4. The fraction of sp³-hybridized carbons (Fsp3) is 0.588. The van der Waals surface area contributed by atoms with Crippen molar-refractivity contribution in [3.05, 3.63) is 35.4 Å². The highest BCUT2D eigenvalue weighted by Gasteiger charge is 2.35. The van der Waals surface area contributed by atoms with Gasteiger partial charge in [-0.1, -0.05) is 43.5 Å². The van der Waals surface area contributed by atoms with Crippen LogP contribution in [0.1, 0.15) is 43.2 Å². The lowest BCUT2D eigenvalue weighted by Crippen LogP contribution is -2.39. The van der Waals surface area contributed by atoms with Gasteiger partial charge in [0, 0.05) is 31.1 Å². The average Bonchev–Trinajstić information content (AvgIpc) is 2.94. The Morgan fingerprint density at radius 1 is 1.20 bits per heavy atom. The fourth-order valence-electron chi connectivity index (χ4n) is 3.78. The van der Waals surface area contributed by atoms with Crippen LogP contribution in [0.15, 0.2) is 29.3 Å². The second-order valence-corrected chi connectivity index (χ2v) is 6.22. The van der Waals surface area contributed by atoms with Crippen LogP contribution in [-0.2, 0) is 5.41 Å².